The van der Waals surface area contributed by atoms with Crippen LogP contribution >= 0.6 is 11.8 Å². The Labute approximate surface area is 140 Å². The number of amides is 1. The van der Waals surface area contributed by atoms with Gasteiger partial charge < -0.3 is 9.47 Å². The second kappa shape index (κ2) is 6.80. The van der Waals surface area contributed by atoms with E-state index in [2.05, 4.69) is 14.8 Å². The first-order valence-electron chi connectivity index (χ1n) is 7.97. The predicted octanol–water partition coefficient (Wildman–Crippen LogP) is 0.742. The average molecular weight is 358 g/mol. The second-order valence-electron chi connectivity index (χ2n) is 6.21. The Morgan fingerprint density at radius 1 is 1.35 bits per heavy atom. The molecule has 1 aromatic rings. The summed E-state index contributed by atoms with van der Waals surface area (Å²) in [6, 6.07) is -0.191. The van der Waals surface area contributed by atoms with E-state index in [4.69, 9.17) is 0 Å². The fourth-order valence-corrected chi connectivity index (χ4v) is 5.76. The normalized spacial score (nSPS) is 23.3. The molecule has 1 fully saturated rings. The van der Waals surface area contributed by atoms with Crippen LogP contribution in [0, 0.1) is 0 Å². The Balaban J connectivity index is 1.58. The van der Waals surface area contributed by atoms with Crippen molar-refractivity contribution < 1.29 is 13.2 Å². The van der Waals surface area contributed by atoms with E-state index < -0.39 is 9.84 Å². The van der Waals surface area contributed by atoms with Gasteiger partial charge >= 0.3 is 0 Å². The molecule has 1 aromatic heterocycles. The van der Waals surface area contributed by atoms with Crippen LogP contribution in [-0.4, -0.2) is 64.3 Å². The van der Waals surface area contributed by atoms with Gasteiger partial charge in [-0.3, -0.25) is 4.79 Å². The zero-order chi connectivity index (χ0) is 16.4. The number of nitrogens with zero attached hydrogens (tertiary/aromatic N) is 4. The van der Waals surface area contributed by atoms with Crippen LogP contribution in [0.2, 0.25) is 0 Å². The molecular weight excluding hydrogens is 336 g/mol. The largest absolute Gasteiger partial charge is 0.341 e. The van der Waals surface area contributed by atoms with Crippen LogP contribution in [0.1, 0.15) is 31.5 Å². The van der Waals surface area contributed by atoms with Crippen LogP contribution < -0.4 is 0 Å². The lowest BCUT2D eigenvalue weighted by molar-refractivity contribution is -0.128. The molecule has 1 atom stereocenters. The number of carbonyl (C=O) groups is 1. The van der Waals surface area contributed by atoms with Gasteiger partial charge in [-0.05, 0) is 19.3 Å². The molecule has 2 aliphatic rings. The van der Waals surface area contributed by atoms with Crippen molar-refractivity contribution in [3.63, 3.8) is 0 Å². The molecule has 1 saturated heterocycles. The van der Waals surface area contributed by atoms with Crippen molar-refractivity contribution in [3.8, 4) is 0 Å². The molecule has 1 amide bonds. The summed E-state index contributed by atoms with van der Waals surface area (Å²) in [6.45, 7) is 0.912. The summed E-state index contributed by atoms with van der Waals surface area (Å²) in [4.78, 5) is 13.9. The van der Waals surface area contributed by atoms with Crippen molar-refractivity contribution in [2.24, 2.45) is 0 Å². The molecule has 2 aliphatic heterocycles. The smallest absolute Gasteiger partial charge is 0.233 e. The van der Waals surface area contributed by atoms with Gasteiger partial charge in [-0.15, -0.1) is 10.2 Å². The standard InChI is InChI=1S/C14H22N4O3S2/c1-17(11-6-8-23(20,21)10-11)13(19)9-22-14-16-15-12-5-3-2-4-7-18(12)14/h11H,2-10H2,1H3. The quantitative estimate of drug-likeness (QED) is 0.738. The van der Waals surface area contributed by atoms with Gasteiger partial charge in [-0.2, -0.15) is 0 Å². The van der Waals surface area contributed by atoms with Gasteiger partial charge in [0.2, 0.25) is 5.91 Å². The molecule has 0 aromatic carbocycles. The highest BCUT2D eigenvalue weighted by molar-refractivity contribution is 7.99. The van der Waals surface area contributed by atoms with E-state index in [-0.39, 0.29) is 29.2 Å². The summed E-state index contributed by atoms with van der Waals surface area (Å²) in [5, 5.41) is 9.22. The van der Waals surface area contributed by atoms with E-state index in [0.29, 0.717) is 6.42 Å². The zero-order valence-corrected chi connectivity index (χ0v) is 14.9. The third-order valence-corrected chi connectivity index (χ3v) is 7.25. The highest BCUT2D eigenvalue weighted by atomic mass is 32.2. The summed E-state index contributed by atoms with van der Waals surface area (Å²) >= 11 is 1.39. The van der Waals surface area contributed by atoms with Gasteiger partial charge in [0.1, 0.15) is 5.82 Å². The lowest BCUT2D eigenvalue weighted by atomic mass is 10.2. The van der Waals surface area contributed by atoms with Crippen molar-refractivity contribution >= 4 is 27.5 Å². The highest BCUT2D eigenvalue weighted by Gasteiger charge is 2.32. The van der Waals surface area contributed by atoms with Gasteiger partial charge in [0.15, 0.2) is 15.0 Å². The molecule has 1 unspecified atom stereocenters. The summed E-state index contributed by atoms with van der Waals surface area (Å²) in [5.74, 6) is 1.49. The highest BCUT2D eigenvalue weighted by Crippen LogP contribution is 2.23. The monoisotopic (exact) mass is 358 g/mol. The first-order chi connectivity index (χ1) is 11.0. The second-order valence-corrected chi connectivity index (χ2v) is 9.38. The third-order valence-electron chi connectivity index (χ3n) is 4.55. The summed E-state index contributed by atoms with van der Waals surface area (Å²) in [5.41, 5.74) is 0. The molecule has 23 heavy (non-hydrogen) atoms. The number of aryl methyl sites for hydroxylation is 1. The summed E-state index contributed by atoms with van der Waals surface area (Å²) in [6.07, 6.45) is 4.94. The topological polar surface area (TPSA) is 85.2 Å². The Bertz CT molecular complexity index is 686. The number of thioether (sulfide) groups is 1. The predicted molar refractivity (Wildman–Crippen MR) is 88.1 cm³/mol. The fourth-order valence-electron chi connectivity index (χ4n) is 3.08. The van der Waals surface area contributed by atoms with E-state index in [1.807, 2.05) is 0 Å². The summed E-state index contributed by atoms with van der Waals surface area (Å²) < 4.78 is 25.2. The maximum absolute atomic E-state index is 12.3. The van der Waals surface area contributed by atoms with E-state index in [0.717, 1.165) is 36.8 Å². The van der Waals surface area contributed by atoms with Gasteiger partial charge in [0, 0.05) is 26.1 Å². The minimum Gasteiger partial charge on any atom is -0.341 e. The molecule has 3 rings (SSSR count). The molecule has 3 heterocycles. The van der Waals surface area contributed by atoms with E-state index in [1.165, 1.54) is 18.2 Å². The van der Waals surface area contributed by atoms with E-state index in [1.54, 1.807) is 11.9 Å². The number of carbonyl (C=O) groups excluding carboxylic acids is 1. The Kier molecular flexibility index (Phi) is 4.96. The van der Waals surface area contributed by atoms with Crippen molar-refractivity contribution in [1.82, 2.24) is 19.7 Å². The third kappa shape index (κ3) is 3.88. The minimum absolute atomic E-state index is 0.0527. The van der Waals surface area contributed by atoms with Crippen LogP contribution in [0.3, 0.4) is 0 Å². The average Bonchev–Trinajstić information content (AvgIpc) is 2.98. The Morgan fingerprint density at radius 2 is 2.17 bits per heavy atom. The SMILES string of the molecule is CN(C(=O)CSc1nnc2n1CCCCC2)C1CCS(=O)(=O)C1. The van der Waals surface area contributed by atoms with Crippen LogP contribution in [0.25, 0.3) is 0 Å². The van der Waals surface area contributed by atoms with Crippen molar-refractivity contribution in [3.05, 3.63) is 5.82 Å². The summed E-state index contributed by atoms with van der Waals surface area (Å²) in [7, 11) is -1.28. The number of sulfone groups is 1. The first kappa shape index (κ1) is 16.8. The van der Waals surface area contributed by atoms with E-state index >= 15 is 0 Å². The van der Waals surface area contributed by atoms with Crippen molar-refractivity contribution in [2.75, 3.05) is 24.3 Å². The lowest BCUT2D eigenvalue weighted by Crippen LogP contribution is -2.38. The maximum Gasteiger partial charge on any atom is 0.233 e. The molecule has 0 radical (unpaired) electrons. The van der Waals surface area contributed by atoms with Crippen LogP contribution in [0.5, 0.6) is 0 Å². The molecule has 0 N–H and O–H groups in total. The number of hydrogen-bond acceptors (Lipinski definition) is 6. The van der Waals surface area contributed by atoms with E-state index in [9.17, 15) is 13.2 Å². The van der Waals surface area contributed by atoms with Gasteiger partial charge in [0.25, 0.3) is 0 Å². The van der Waals surface area contributed by atoms with Crippen molar-refractivity contribution in [2.45, 2.75) is 49.8 Å². The first-order valence-corrected chi connectivity index (χ1v) is 10.8. The van der Waals surface area contributed by atoms with Crippen molar-refractivity contribution in [1.29, 1.82) is 0 Å². The van der Waals surface area contributed by atoms with Gasteiger partial charge in [-0.25, -0.2) is 8.42 Å². The van der Waals surface area contributed by atoms with Crippen LogP contribution in [0.15, 0.2) is 5.16 Å². The number of aromatic nitrogens is 3. The molecule has 0 aliphatic carbocycles. The molecule has 128 valence electrons. The molecule has 7 nitrogen and oxygen atoms in total. The van der Waals surface area contributed by atoms with Gasteiger partial charge in [0.05, 0.1) is 17.3 Å². The lowest BCUT2D eigenvalue weighted by Gasteiger charge is -2.23. The molecular formula is C14H22N4O3S2. The fraction of sp³-hybridized carbons (Fsp3) is 0.786. The Morgan fingerprint density at radius 3 is 2.91 bits per heavy atom. The molecule has 0 spiro atoms. The maximum atomic E-state index is 12.3. The zero-order valence-electron chi connectivity index (χ0n) is 13.3. The number of hydrogen-bond donors (Lipinski definition) is 0. The Hall–Kier alpha value is -1.09. The van der Waals surface area contributed by atoms with Gasteiger partial charge in [-0.1, -0.05) is 18.2 Å². The molecule has 0 bridgehead atoms. The molecule has 0 saturated carbocycles. The molecule has 9 heteroatoms. The number of rotatable bonds is 4. The van der Waals surface area contributed by atoms with Crippen LogP contribution in [0.4, 0.5) is 0 Å². The minimum atomic E-state index is -2.98. The number of fused-ring (bicyclic) bond motifs is 1. The van der Waals surface area contributed by atoms with Crippen LogP contribution in [-0.2, 0) is 27.6 Å².